The van der Waals surface area contributed by atoms with Gasteiger partial charge >= 0.3 is 0 Å². The number of likely N-dealkylation sites (tertiary alicyclic amines) is 1. The van der Waals surface area contributed by atoms with Gasteiger partial charge in [-0.2, -0.15) is 0 Å². The average molecular weight is 420 g/mol. The zero-order valence-corrected chi connectivity index (χ0v) is 18.8. The predicted molar refractivity (Wildman–Crippen MR) is 116 cm³/mol. The van der Waals surface area contributed by atoms with Crippen LogP contribution in [0.4, 0.5) is 0 Å². The number of benzene rings is 1. The minimum absolute atomic E-state index is 0.220. The van der Waals surface area contributed by atoms with Crippen LogP contribution in [0.5, 0.6) is 5.75 Å². The molecule has 1 aliphatic carbocycles. The molecule has 2 fully saturated rings. The maximum atomic E-state index is 11.8. The van der Waals surface area contributed by atoms with Gasteiger partial charge in [0.05, 0.1) is 30.5 Å². The van der Waals surface area contributed by atoms with Gasteiger partial charge in [0.2, 0.25) is 0 Å². The molecule has 2 aliphatic rings. The Morgan fingerprint density at radius 2 is 1.87 bits per heavy atom. The summed E-state index contributed by atoms with van der Waals surface area (Å²) in [5.74, 6) is 0.231. The van der Waals surface area contributed by atoms with Gasteiger partial charge in [-0.25, -0.2) is 0 Å². The van der Waals surface area contributed by atoms with E-state index in [0.717, 1.165) is 11.3 Å². The molecule has 1 unspecified atom stereocenters. The summed E-state index contributed by atoms with van der Waals surface area (Å²) in [5.41, 5.74) is -0.0943. The molecule has 1 aromatic carbocycles. The molecule has 0 aromatic heterocycles. The first kappa shape index (κ1) is 23.2. The van der Waals surface area contributed by atoms with Crippen molar-refractivity contribution < 1.29 is 24.8 Å². The minimum atomic E-state index is -1.24. The molecule has 6 heteroatoms. The fourth-order valence-electron chi connectivity index (χ4n) is 5.50. The highest BCUT2D eigenvalue weighted by Crippen LogP contribution is 2.49. The Morgan fingerprint density at radius 3 is 2.43 bits per heavy atom. The van der Waals surface area contributed by atoms with Gasteiger partial charge in [0.15, 0.2) is 0 Å². The molecule has 1 heterocycles. The van der Waals surface area contributed by atoms with Gasteiger partial charge in [-0.05, 0) is 57.7 Å². The van der Waals surface area contributed by atoms with Gasteiger partial charge in [0.25, 0.3) is 0 Å². The van der Waals surface area contributed by atoms with E-state index in [-0.39, 0.29) is 6.04 Å². The number of rotatable bonds is 6. The summed E-state index contributed by atoms with van der Waals surface area (Å²) in [6.45, 7) is 6.91. The van der Waals surface area contributed by atoms with Crippen LogP contribution >= 0.6 is 0 Å². The molecule has 168 valence electrons. The highest BCUT2D eigenvalue weighted by Gasteiger charge is 2.62. The quantitative estimate of drug-likeness (QED) is 0.615. The summed E-state index contributed by atoms with van der Waals surface area (Å²) < 4.78 is 10.9. The highest BCUT2D eigenvalue weighted by molar-refractivity contribution is 5.28. The van der Waals surface area contributed by atoms with Crippen molar-refractivity contribution >= 4 is 0 Å². The molecular weight excluding hydrogens is 382 g/mol. The maximum Gasteiger partial charge on any atom is 0.118 e. The first-order chi connectivity index (χ1) is 14.1. The summed E-state index contributed by atoms with van der Waals surface area (Å²) >= 11 is 0. The van der Waals surface area contributed by atoms with E-state index in [9.17, 15) is 15.3 Å². The van der Waals surface area contributed by atoms with E-state index in [1.54, 1.807) is 21.1 Å². The van der Waals surface area contributed by atoms with Crippen LogP contribution in [0.2, 0.25) is 0 Å². The smallest absolute Gasteiger partial charge is 0.118 e. The normalized spacial score (nSPS) is 36.8. The Morgan fingerprint density at radius 1 is 1.20 bits per heavy atom. The lowest BCUT2D eigenvalue weighted by atomic mass is 9.59. The van der Waals surface area contributed by atoms with E-state index in [1.165, 1.54) is 5.57 Å². The maximum absolute atomic E-state index is 11.8. The van der Waals surface area contributed by atoms with Crippen LogP contribution in [0.1, 0.15) is 45.6 Å². The lowest BCUT2D eigenvalue weighted by Gasteiger charge is -2.61. The molecular formula is C24H37NO5. The Balaban J connectivity index is 1.97. The predicted octanol–water partition coefficient (Wildman–Crippen LogP) is 2.50. The second-order valence-corrected chi connectivity index (χ2v) is 9.40. The van der Waals surface area contributed by atoms with Gasteiger partial charge in [-0.3, -0.25) is 4.90 Å². The van der Waals surface area contributed by atoms with Crippen molar-refractivity contribution in [3.8, 4) is 5.75 Å². The Kier molecular flexibility index (Phi) is 6.94. The first-order valence-corrected chi connectivity index (χ1v) is 10.8. The van der Waals surface area contributed by atoms with Crippen molar-refractivity contribution in [1.82, 2.24) is 4.90 Å². The molecule has 0 radical (unpaired) electrons. The number of methoxy groups -OCH3 is 2. The number of fused-ring (bicyclic) bond motifs is 1. The Bertz CT molecular complexity index is 742. The van der Waals surface area contributed by atoms with Gasteiger partial charge in [-0.15, -0.1) is 0 Å². The van der Waals surface area contributed by atoms with Crippen LogP contribution in [-0.2, 0) is 11.3 Å². The molecule has 0 amide bonds. The fraction of sp³-hybridized carbons (Fsp3) is 0.667. The number of piperidine rings is 1. The lowest BCUT2D eigenvalue weighted by molar-refractivity contribution is -0.266. The van der Waals surface area contributed by atoms with Crippen LogP contribution in [0.3, 0.4) is 0 Å². The molecule has 30 heavy (non-hydrogen) atoms. The third-order valence-corrected chi connectivity index (χ3v) is 6.95. The van der Waals surface area contributed by atoms with E-state index < -0.39 is 29.3 Å². The zero-order valence-electron chi connectivity index (χ0n) is 18.8. The van der Waals surface area contributed by atoms with Gasteiger partial charge in [0, 0.05) is 32.2 Å². The number of nitrogens with zero attached hydrogens (tertiary/aromatic N) is 1. The number of hydrogen-bond acceptors (Lipinski definition) is 6. The number of aliphatic hydroxyl groups is 3. The molecule has 3 N–H and O–H groups in total. The minimum Gasteiger partial charge on any atom is -0.497 e. The van der Waals surface area contributed by atoms with Crippen molar-refractivity contribution in [3.63, 3.8) is 0 Å². The number of aliphatic hydroxyl groups excluding tert-OH is 1. The van der Waals surface area contributed by atoms with Crippen molar-refractivity contribution in [1.29, 1.82) is 0 Å². The molecule has 0 bridgehead atoms. The van der Waals surface area contributed by atoms with Crippen LogP contribution in [0, 0.1) is 5.92 Å². The number of β-amino-alcohol motifs (C(OH)–C–C–N with tert-alkyl or cyclic N) is 1. The second kappa shape index (κ2) is 8.97. The Hall–Kier alpha value is -1.44. The summed E-state index contributed by atoms with van der Waals surface area (Å²) in [7, 11) is 3.19. The van der Waals surface area contributed by atoms with Gasteiger partial charge in [0.1, 0.15) is 5.75 Å². The van der Waals surface area contributed by atoms with Crippen LogP contribution < -0.4 is 4.74 Å². The summed E-state index contributed by atoms with van der Waals surface area (Å²) in [6, 6.07) is 7.67. The molecule has 1 saturated heterocycles. The van der Waals surface area contributed by atoms with Crippen LogP contribution in [0.25, 0.3) is 0 Å². The lowest BCUT2D eigenvalue weighted by Crippen LogP contribution is -2.75. The third-order valence-electron chi connectivity index (χ3n) is 6.95. The van der Waals surface area contributed by atoms with Crippen molar-refractivity contribution in [2.75, 3.05) is 20.8 Å². The molecule has 1 saturated carbocycles. The molecule has 6 atom stereocenters. The van der Waals surface area contributed by atoms with Crippen molar-refractivity contribution in [2.45, 2.75) is 76.0 Å². The van der Waals surface area contributed by atoms with Crippen LogP contribution in [0.15, 0.2) is 35.9 Å². The summed E-state index contributed by atoms with van der Waals surface area (Å²) in [4.78, 5) is 2.18. The van der Waals surface area contributed by atoms with E-state index in [2.05, 4.69) is 11.0 Å². The summed E-state index contributed by atoms with van der Waals surface area (Å²) in [6.07, 6.45) is 2.39. The first-order valence-electron chi connectivity index (χ1n) is 10.8. The van der Waals surface area contributed by atoms with E-state index >= 15 is 0 Å². The monoisotopic (exact) mass is 419 g/mol. The van der Waals surface area contributed by atoms with Crippen molar-refractivity contribution in [3.05, 3.63) is 41.5 Å². The zero-order chi connectivity index (χ0) is 22.1. The fourth-order valence-corrected chi connectivity index (χ4v) is 5.50. The number of hydrogen-bond donors (Lipinski definition) is 3. The summed E-state index contributed by atoms with van der Waals surface area (Å²) in [5, 5.41) is 34.0. The van der Waals surface area contributed by atoms with E-state index in [4.69, 9.17) is 9.47 Å². The Labute approximate surface area is 180 Å². The van der Waals surface area contributed by atoms with Crippen LogP contribution in [-0.4, -0.2) is 70.4 Å². The van der Waals surface area contributed by atoms with E-state index in [1.807, 2.05) is 38.1 Å². The highest BCUT2D eigenvalue weighted by atomic mass is 16.5. The average Bonchev–Trinajstić information content (AvgIpc) is 2.68. The number of allylic oxidation sites excluding steroid dienone is 1. The molecule has 1 aliphatic heterocycles. The SMILES string of the molecule is COc1ccc(CN2C[C@@]3(O)CC[C@@H](O)[C@@H](OC)C3[C@@](C)(O)[C@@H]2CC=C(C)C)cc1. The molecule has 1 aromatic rings. The van der Waals surface area contributed by atoms with E-state index in [0.29, 0.717) is 32.4 Å². The molecule has 6 nitrogen and oxygen atoms in total. The van der Waals surface area contributed by atoms with Gasteiger partial charge < -0.3 is 24.8 Å². The standard InChI is InChI=1S/C24H37NO5/c1-16(2)6-11-20-23(3,27)22-21(30-5)19(26)12-13-24(22,28)15-25(20)14-17-7-9-18(29-4)10-8-17/h6-10,19-22,26-28H,11-15H2,1-5H3/t19-,20+,21-,22?,23+,24+/m1/s1. The molecule has 3 rings (SSSR count). The van der Waals surface area contributed by atoms with Crippen molar-refractivity contribution in [2.24, 2.45) is 5.92 Å². The molecule has 0 spiro atoms. The third kappa shape index (κ3) is 4.43. The second-order valence-electron chi connectivity index (χ2n) is 9.40. The topological polar surface area (TPSA) is 82.4 Å². The van der Waals surface area contributed by atoms with Gasteiger partial charge in [-0.1, -0.05) is 23.8 Å². The number of ether oxygens (including phenoxy) is 2. The largest absolute Gasteiger partial charge is 0.497 e.